The third-order valence-corrected chi connectivity index (χ3v) is 3.11. The molecule has 4 heteroatoms. The summed E-state index contributed by atoms with van der Waals surface area (Å²) in [7, 11) is 0. The van der Waals surface area contributed by atoms with Gasteiger partial charge in [0.2, 0.25) is 0 Å². The third kappa shape index (κ3) is 3.15. The summed E-state index contributed by atoms with van der Waals surface area (Å²) in [5.74, 6) is -0.781. The lowest BCUT2D eigenvalue weighted by molar-refractivity contribution is 0.102. The van der Waals surface area contributed by atoms with Gasteiger partial charge in [-0.1, -0.05) is 12.1 Å². The zero-order chi connectivity index (χ0) is 14.0. The summed E-state index contributed by atoms with van der Waals surface area (Å²) < 4.78 is 13.6. The molecule has 0 radical (unpaired) electrons. The van der Waals surface area contributed by atoms with E-state index in [1.165, 1.54) is 6.07 Å². The number of benzene rings is 2. The molecule has 0 saturated carbocycles. The van der Waals surface area contributed by atoms with Crippen molar-refractivity contribution in [1.29, 1.82) is 0 Å². The van der Waals surface area contributed by atoms with E-state index in [4.69, 9.17) is 0 Å². The summed E-state index contributed by atoms with van der Waals surface area (Å²) in [6.45, 7) is 3.67. The second-order valence-corrected chi connectivity index (χ2v) is 4.95. The minimum Gasteiger partial charge on any atom is -0.319 e. The molecule has 0 aromatic heterocycles. The highest BCUT2D eigenvalue weighted by Crippen LogP contribution is 2.19. The molecule has 0 fully saturated rings. The van der Waals surface area contributed by atoms with Gasteiger partial charge in [0.25, 0.3) is 5.91 Å². The van der Waals surface area contributed by atoms with E-state index in [-0.39, 0.29) is 11.6 Å². The first kappa shape index (κ1) is 13.6. The molecule has 0 aliphatic heterocycles. The SMILES string of the molecule is Cc1ccc(F)c(NC(=O)c2cc(S)ccc2C)c1. The third-order valence-electron chi connectivity index (χ3n) is 2.84. The highest BCUT2D eigenvalue weighted by Gasteiger charge is 2.12. The van der Waals surface area contributed by atoms with Crippen LogP contribution in [-0.2, 0) is 0 Å². The Bertz CT molecular complexity index is 640. The first-order valence-corrected chi connectivity index (χ1v) is 6.29. The van der Waals surface area contributed by atoms with Gasteiger partial charge in [-0.05, 0) is 49.2 Å². The van der Waals surface area contributed by atoms with Gasteiger partial charge >= 0.3 is 0 Å². The molecule has 2 aromatic carbocycles. The molecule has 0 bridgehead atoms. The topological polar surface area (TPSA) is 29.1 Å². The van der Waals surface area contributed by atoms with Crippen molar-refractivity contribution in [2.75, 3.05) is 5.32 Å². The molecule has 2 aromatic rings. The van der Waals surface area contributed by atoms with Crippen LogP contribution in [0.4, 0.5) is 10.1 Å². The van der Waals surface area contributed by atoms with Crippen molar-refractivity contribution in [2.24, 2.45) is 0 Å². The molecule has 19 heavy (non-hydrogen) atoms. The van der Waals surface area contributed by atoms with E-state index in [0.29, 0.717) is 10.5 Å². The number of rotatable bonds is 2. The number of hydrogen-bond acceptors (Lipinski definition) is 2. The molecule has 1 N–H and O–H groups in total. The van der Waals surface area contributed by atoms with Gasteiger partial charge in [0.05, 0.1) is 5.69 Å². The Morgan fingerprint density at radius 2 is 1.89 bits per heavy atom. The summed E-state index contributed by atoms with van der Waals surface area (Å²) in [5, 5.41) is 2.59. The predicted octanol–water partition coefficient (Wildman–Crippen LogP) is 3.98. The zero-order valence-electron chi connectivity index (χ0n) is 10.7. The van der Waals surface area contributed by atoms with Crippen LogP contribution in [0.2, 0.25) is 0 Å². The van der Waals surface area contributed by atoms with E-state index < -0.39 is 5.82 Å². The van der Waals surface area contributed by atoms with Gasteiger partial charge in [0, 0.05) is 10.5 Å². The first-order chi connectivity index (χ1) is 8.97. The lowest BCUT2D eigenvalue weighted by Crippen LogP contribution is -2.14. The van der Waals surface area contributed by atoms with Crippen molar-refractivity contribution < 1.29 is 9.18 Å². The van der Waals surface area contributed by atoms with Crippen molar-refractivity contribution in [3.8, 4) is 0 Å². The summed E-state index contributed by atoms with van der Waals surface area (Å²) in [4.78, 5) is 12.8. The molecular formula is C15H14FNOS. The van der Waals surface area contributed by atoms with Crippen molar-refractivity contribution in [2.45, 2.75) is 18.7 Å². The number of carbonyl (C=O) groups is 1. The number of nitrogens with one attached hydrogen (secondary N) is 1. The van der Waals surface area contributed by atoms with E-state index in [2.05, 4.69) is 17.9 Å². The number of aryl methyl sites for hydroxylation is 2. The number of amides is 1. The Kier molecular flexibility index (Phi) is 3.90. The van der Waals surface area contributed by atoms with Crippen molar-refractivity contribution in [3.63, 3.8) is 0 Å². The maximum Gasteiger partial charge on any atom is 0.256 e. The molecule has 98 valence electrons. The number of thiol groups is 1. The molecule has 0 unspecified atom stereocenters. The smallest absolute Gasteiger partial charge is 0.256 e. The van der Waals surface area contributed by atoms with Crippen LogP contribution in [0, 0.1) is 19.7 Å². The van der Waals surface area contributed by atoms with Crippen LogP contribution >= 0.6 is 12.6 Å². The van der Waals surface area contributed by atoms with Crippen LogP contribution in [0.25, 0.3) is 0 Å². The molecule has 2 nitrogen and oxygen atoms in total. The second-order valence-electron chi connectivity index (χ2n) is 4.44. The molecule has 1 amide bonds. The fraction of sp³-hybridized carbons (Fsp3) is 0.133. The summed E-state index contributed by atoms with van der Waals surface area (Å²) in [6.07, 6.45) is 0. The molecule has 0 aliphatic carbocycles. The van der Waals surface area contributed by atoms with Crippen LogP contribution in [0.5, 0.6) is 0 Å². The van der Waals surface area contributed by atoms with Crippen molar-refractivity contribution >= 4 is 24.2 Å². The van der Waals surface area contributed by atoms with E-state index in [9.17, 15) is 9.18 Å². The number of carbonyl (C=O) groups excluding carboxylic acids is 1. The van der Waals surface area contributed by atoms with Crippen LogP contribution < -0.4 is 5.32 Å². The van der Waals surface area contributed by atoms with E-state index >= 15 is 0 Å². The quantitative estimate of drug-likeness (QED) is 0.797. The fourth-order valence-electron chi connectivity index (χ4n) is 1.78. The van der Waals surface area contributed by atoms with Crippen LogP contribution in [-0.4, -0.2) is 5.91 Å². The highest BCUT2D eigenvalue weighted by molar-refractivity contribution is 7.80. The maximum absolute atomic E-state index is 13.6. The predicted molar refractivity (Wildman–Crippen MR) is 77.5 cm³/mol. The number of hydrogen-bond donors (Lipinski definition) is 2. The van der Waals surface area contributed by atoms with Crippen LogP contribution in [0.1, 0.15) is 21.5 Å². The minimum atomic E-state index is -0.446. The van der Waals surface area contributed by atoms with E-state index in [1.54, 1.807) is 18.2 Å². The van der Waals surface area contributed by atoms with Crippen LogP contribution in [0.15, 0.2) is 41.3 Å². The fourth-order valence-corrected chi connectivity index (χ4v) is 1.98. The Balaban J connectivity index is 2.30. The standard InChI is InChI=1S/C15H14FNOS/c1-9-3-6-13(16)14(7-9)17-15(18)12-8-11(19)5-4-10(12)2/h3-8,19H,1-2H3,(H,17,18). The molecule has 0 aliphatic rings. The monoisotopic (exact) mass is 275 g/mol. The molecule has 2 rings (SSSR count). The highest BCUT2D eigenvalue weighted by atomic mass is 32.1. The second kappa shape index (κ2) is 5.45. The average molecular weight is 275 g/mol. The van der Waals surface area contributed by atoms with E-state index in [0.717, 1.165) is 11.1 Å². The average Bonchev–Trinajstić information content (AvgIpc) is 2.36. The van der Waals surface area contributed by atoms with Gasteiger partial charge < -0.3 is 5.32 Å². The number of halogens is 1. The van der Waals surface area contributed by atoms with Crippen molar-refractivity contribution in [3.05, 3.63) is 58.9 Å². The Morgan fingerprint density at radius 3 is 2.63 bits per heavy atom. The van der Waals surface area contributed by atoms with Gasteiger partial charge in [-0.2, -0.15) is 0 Å². The molecular weight excluding hydrogens is 261 g/mol. The summed E-state index contributed by atoms with van der Waals surface area (Å²) >= 11 is 4.20. The largest absolute Gasteiger partial charge is 0.319 e. The summed E-state index contributed by atoms with van der Waals surface area (Å²) in [5.41, 5.74) is 2.39. The number of anilines is 1. The lowest BCUT2D eigenvalue weighted by atomic mass is 10.1. The van der Waals surface area contributed by atoms with E-state index in [1.807, 2.05) is 26.0 Å². The summed E-state index contributed by atoms with van der Waals surface area (Å²) in [6, 6.07) is 9.89. The first-order valence-electron chi connectivity index (χ1n) is 5.84. The lowest BCUT2D eigenvalue weighted by Gasteiger charge is -2.09. The van der Waals surface area contributed by atoms with Gasteiger partial charge in [0.15, 0.2) is 0 Å². The van der Waals surface area contributed by atoms with Gasteiger partial charge in [-0.3, -0.25) is 4.79 Å². The molecule has 0 atom stereocenters. The normalized spacial score (nSPS) is 10.3. The Morgan fingerprint density at radius 1 is 1.16 bits per heavy atom. The minimum absolute atomic E-state index is 0.189. The molecule has 0 heterocycles. The van der Waals surface area contributed by atoms with Crippen LogP contribution in [0.3, 0.4) is 0 Å². The van der Waals surface area contributed by atoms with Gasteiger partial charge in [0.1, 0.15) is 5.82 Å². The zero-order valence-corrected chi connectivity index (χ0v) is 11.6. The van der Waals surface area contributed by atoms with Gasteiger partial charge in [-0.15, -0.1) is 12.6 Å². The Hall–Kier alpha value is -1.81. The Labute approximate surface area is 117 Å². The molecule has 0 saturated heterocycles. The molecule has 0 spiro atoms. The van der Waals surface area contributed by atoms with Crippen molar-refractivity contribution in [1.82, 2.24) is 0 Å². The van der Waals surface area contributed by atoms with Gasteiger partial charge in [-0.25, -0.2) is 4.39 Å². The maximum atomic E-state index is 13.6.